The first-order valence-electron chi connectivity index (χ1n) is 11.4. The first kappa shape index (κ1) is 29.8. The molecule has 0 aliphatic carbocycles. The fraction of sp³-hybridized carbons (Fsp3) is 0.364. The Morgan fingerprint density at radius 3 is 2.15 bits per heavy atom. The van der Waals surface area contributed by atoms with E-state index in [0.29, 0.717) is 5.75 Å². The third-order valence-electron chi connectivity index (χ3n) is 5.70. The standard InChI is InChI=1S/C22H25N5O10S2/c1-38-11-6-17(22(29)30)24-20-18(26(31)32)12-14(13-19(20)27(33)34)21(28)23-15-2-4-16(5-3-15)39(35,36)25-7-9-37-10-8-25/h2-5,12-13,17,24H,6-11H2,1H3,(H,23,28)(H,29,30). The summed E-state index contributed by atoms with van der Waals surface area (Å²) in [6.07, 6.45) is 1.76. The van der Waals surface area contributed by atoms with Crippen molar-refractivity contribution in [3.8, 4) is 0 Å². The molecule has 1 fully saturated rings. The Morgan fingerprint density at radius 1 is 1.10 bits per heavy atom. The minimum Gasteiger partial charge on any atom is -0.480 e. The number of morpholine rings is 1. The van der Waals surface area contributed by atoms with Crippen molar-refractivity contribution in [1.29, 1.82) is 0 Å². The number of carboxylic acid groups (broad SMARTS) is 1. The highest BCUT2D eigenvalue weighted by molar-refractivity contribution is 7.98. The summed E-state index contributed by atoms with van der Waals surface area (Å²) >= 11 is 1.33. The molecule has 1 aliphatic rings. The number of carboxylic acids is 1. The highest BCUT2D eigenvalue weighted by Crippen LogP contribution is 2.37. The second-order valence-corrected chi connectivity index (χ2v) is 11.1. The number of nitrogens with one attached hydrogen (secondary N) is 2. The number of sulfonamides is 1. The van der Waals surface area contributed by atoms with Crippen LogP contribution in [0.25, 0.3) is 0 Å². The lowest BCUT2D eigenvalue weighted by molar-refractivity contribution is -0.392. The van der Waals surface area contributed by atoms with Crippen LogP contribution in [-0.4, -0.2) is 83.9 Å². The van der Waals surface area contributed by atoms with Crippen LogP contribution >= 0.6 is 11.8 Å². The normalized spacial score (nSPS) is 14.8. The number of anilines is 2. The van der Waals surface area contributed by atoms with E-state index < -0.39 is 60.4 Å². The van der Waals surface area contributed by atoms with Gasteiger partial charge in [-0.2, -0.15) is 16.1 Å². The Morgan fingerprint density at radius 2 is 1.67 bits per heavy atom. The summed E-state index contributed by atoms with van der Waals surface area (Å²) < 4.78 is 32.0. The van der Waals surface area contributed by atoms with Gasteiger partial charge in [0, 0.05) is 30.9 Å². The van der Waals surface area contributed by atoms with Gasteiger partial charge in [-0.3, -0.25) is 25.0 Å². The number of nitro groups is 2. The van der Waals surface area contributed by atoms with E-state index >= 15 is 0 Å². The Kier molecular flexibility index (Phi) is 9.79. The zero-order valence-electron chi connectivity index (χ0n) is 20.6. The summed E-state index contributed by atoms with van der Waals surface area (Å²) in [5.74, 6) is -1.92. The zero-order valence-corrected chi connectivity index (χ0v) is 22.2. The summed E-state index contributed by atoms with van der Waals surface area (Å²) in [6.45, 7) is 0.950. The molecule has 0 radical (unpaired) electrons. The first-order valence-corrected chi connectivity index (χ1v) is 14.2. The molecule has 3 N–H and O–H groups in total. The van der Waals surface area contributed by atoms with Crippen LogP contribution in [-0.2, 0) is 19.6 Å². The van der Waals surface area contributed by atoms with E-state index in [4.69, 9.17) is 4.74 Å². The number of carbonyl (C=O) groups is 2. The lowest BCUT2D eigenvalue weighted by Gasteiger charge is -2.26. The highest BCUT2D eigenvalue weighted by Gasteiger charge is 2.32. The number of ether oxygens (including phenoxy) is 1. The molecule has 39 heavy (non-hydrogen) atoms. The van der Waals surface area contributed by atoms with Crippen LogP contribution in [0.5, 0.6) is 0 Å². The fourth-order valence-corrected chi connectivity index (χ4v) is 5.57. The van der Waals surface area contributed by atoms with Gasteiger partial charge in [-0.15, -0.1) is 0 Å². The van der Waals surface area contributed by atoms with Crippen molar-refractivity contribution in [2.75, 3.05) is 48.9 Å². The van der Waals surface area contributed by atoms with E-state index in [0.717, 1.165) is 12.1 Å². The van der Waals surface area contributed by atoms with Gasteiger partial charge in [0.15, 0.2) is 5.69 Å². The number of hydrogen-bond donors (Lipinski definition) is 3. The van der Waals surface area contributed by atoms with E-state index in [2.05, 4.69) is 10.6 Å². The van der Waals surface area contributed by atoms with Gasteiger partial charge in [0.1, 0.15) is 6.04 Å². The molecule has 0 bridgehead atoms. The summed E-state index contributed by atoms with van der Waals surface area (Å²) in [5, 5.41) is 37.8. The van der Waals surface area contributed by atoms with Gasteiger partial charge in [0.25, 0.3) is 17.3 Å². The lowest BCUT2D eigenvalue weighted by Crippen LogP contribution is -2.40. The van der Waals surface area contributed by atoms with Gasteiger partial charge in [-0.05, 0) is 42.7 Å². The molecule has 0 saturated carbocycles. The van der Waals surface area contributed by atoms with Crippen molar-refractivity contribution >= 4 is 56.4 Å². The molecule has 1 amide bonds. The molecule has 210 valence electrons. The number of thioether (sulfide) groups is 1. The zero-order chi connectivity index (χ0) is 28.7. The van der Waals surface area contributed by atoms with E-state index in [1.807, 2.05) is 0 Å². The predicted octanol–water partition coefficient (Wildman–Crippen LogP) is 2.39. The molecule has 0 aromatic heterocycles. The second kappa shape index (κ2) is 12.8. The van der Waals surface area contributed by atoms with Gasteiger partial charge in [0.2, 0.25) is 10.0 Å². The molecular formula is C22H25N5O10S2. The second-order valence-electron chi connectivity index (χ2n) is 8.22. The predicted molar refractivity (Wildman–Crippen MR) is 142 cm³/mol. The maximum Gasteiger partial charge on any atom is 0.326 e. The van der Waals surface area contributed by atoms with E-state index in [1.54, 1.807) is 6.26 Å². The third kappa shape index (κ3) is 7.20. The number of carbonyl (C=O) groups excluding carboxylic acids is 1. The molecule has 1 aliphatic heterocycles. The van der Waals surface area contributed by atoms with Crippen LogP contribution in [0.4, 0.5) is 22.7 Å². The van der Waals surface area contributed by atoms with Gasteiger partial charge in [-0.25, -0.2) is 13.2 Å². The number of rotatable bonds is 12. The molecule has 1 heterocycles. The highest BCUT2D eigenvalue weighted by atomic mass is 32.2. The molecule has 2 aromatic carbocycles. The average Bonchev–Trinajstić information content (AvgIpc) is 2.91. The van der Waals surface area contributed by atoms with Gasteiger partial charge in [-0.1, -0.05) is 0 Å². The average molecular weight is 584 g/mol. The van der Waals surface area contributed by atoms with Crippen molar-refractivity contribution in [1.82, 2.24) is 4.31 Å². The maximum absolute atomic E-state index is 12.9. The van der Waals surface area contributed by atoms with Crippen LogP contribution in [0.15, 0.2) is 41.3 Å². The van der Waals surface area contributed by atoms with E-state index in [-0.39, 0.29) is 43.3 Å². The number of nitrogens with zero attached hydrogens (tertiary/aromatic N) is 3. The minimum atomic E-state index is -3.78. The number of amides is 1. The Bertz CT molecular complexity index is 1330. The number of nitro benzene ring substituents is 2. The van der Waals surface area contributed by atoms with Crippen LogP contribution in [0, 0.1) is 20.2 Å². The molecule has 0 spiro atoms. The van der Waals surface area contributed by atoms with Crippen molar-refractivity contribution < 1.29 is 37.7 Å². The topological polar surface area (TPSA) is 211 Å². The quantitative estimate of drug-likeness (QED) is 0.243. The Balaban J connectivity index is 1.88. The molecule has 1 unspecified atom stereocenters. The molecule has 1 atom stereocenters. The van der Waals surface area contributed by atoms with Gasteiger partial charge < -0.3 is 20.5 Å². The molecule has 3 rings (SSSR count). The smallest absolute Gasteiger partial charge is 0.326 e. The van der Waals surface area contributed by atoms with E-state index in [9.17, 15) is 43.3 Å². The molecular weight excluding hydrogens is 558 g/mol. The number of aliphatic carboxylic acids is 1. The summed E-state index contributed by atoms with van der Waals surface area (Å²) in [4.78, 5) is 46.0. The fourth-order valence-electron chi connectivity index (χ4n) is 3.70. The van der Waals surface area contributed by atoms with Crippen molar-refractivity contribution in [3.05, 3.63) is 62.2 Å². The molecule has 17 heteroatoms. The molecule has 2 aromatic rings. The van der Waals surface area contributed by atoms with Crippen LogP contribution in [0.2, 0.25) is 0 Å². The van der Waals surface area contributed by atoms with Crippen LogP contribution in [0.3, 0.4) is 0 Å². The van der Waals surface area contributed by atoms with Crippen LogP contribution < -0.4 is 10.6 Å². The number of hydrogen-bond acceptors (Lipinski definition) is 11. The first-order chi connectivity index (χ1) is 18.4. The largest absolute Gasteiger partial charge is 0.480 e. The van der Waals surface area contributed by atoms with Crippen molar-refractivity contribution in [2.45, 2.75) is 17.4 Å². The van der Waals surface area contributed by atoms with Crippen molar-refractivity contribution in [2.24, 2.45) is 0 Å². The molecule has 15 nitrogen and oxygen atoms in total. The van der Waals surface area contributed by atoms with Crippen LogP contribution in [0.1, 0.15) is 16.8 Å². The monoisotopic (exact) mass is 583 g/mol. The van der Waals surface area contributed by atoms with E-state index in [1.165, 1.54) is 40.3 Å². The third-order valence-corrected chi connectivity index (χ3v) is 8.26. The summed E-state index contributed by atoms with van der Waals surface area (Å²) in [6, 6.07) is 5.44. The van der Waals surface area contributed by atoms with Gasteiger partial charge >= 0.3 is 5.97 Å². The number of benzene rings is 2. The lowest BCUT2D eigenvalue weighted by atomic mass is 10.1. The Hall–Kier alpha value is -3.80. The minimum absolute atomic E-state index is 0.0152. The Labute approximate surface area is 226 Å². The van der Waals surface area contributed by atoms with Gasteiger partial charge in [0.05, 0.1) is 33.5 Å². The maximum atomic E-state index is 12.9. The molecule has 1 saturated heterocycles. The SMILES string of the molecule is CSCCC(Nc1c([N+](=O)[O-])cc(C(=O)Nc2ccc(S(=O)(=O)N3CCOCC3)cc2)cc1[N+](=O)[O-])C(=O)O. The van der Waals surface area contributed by atoms with Crippen molar-refractivity contribution in [3.63, 3.8) is 0 Å². The summed E-state index contributed by atoms with van der Waals surface area (Å²) in [7, 11) is -3.78. The summed E-state index contributed by atoms with van der Waals surface area (Å²) in [5.41, 5.74) is -2.63.